The van der Waals surface area contributed by atoms with Gasteiger partial charge in [0.05, 0.1) is 5.52 Å². The summed E-state index contributed by atoms with van der Waals surface area (Å²) in [6.45, 7) is 2.14. The Hall–Kier alpha value is -2.55. The van der Waals surface area contributed by atoms with Gasteiger partial charge in [0.1, 0.15) is 11.5 Å². The SMILES string of the molecule is CCCc1cc(N)c2cc(Oc3ccccc3)ccc2n1. The van der Waals surface area contributed by atoms with Gasteiger partial charge in [-0.25, -0.2) is 0 Å². The highest BCUT2D eigenvalue weighted by atomic mass is 16.5. The number of aromatic nitrogens is 1. The normalized spacial score (nSPS) is 10.7. The highest BCUT2D eigenvalue weighted by Gasteiger charge is 2.05. The van der Waals surface area contributed by atoms with Crippen LogP contribution in [0.1, 0.15) is 19.0 Å². The van der Waals surface area contributed by atoms with Crippen LogP contribution < -0.4 is 10.5 Å². The van der Waals surface area contributed by atoms with Crippen LogP contribution in [0.5, 0.6) is 11.5 Å². The minimum atomic E-state index is 0.752. The highest BCUT2D eigenvalue weighted by Crippen LogP contribution is 2.28. The fraction of sp³-hybridized carbons (Fsp3) is 0.167. The topological polar surface area (TPSA) is 48.1 Å². The molecule has 1 heterocycles. The molecule has 2 aromatic carbocycles. The molecule has 0 radical (unpaired) electrons. The summed E-state index contributed by atoms with van der Waals surface area (Å²) in [7, 11) is 0. The summed E-state index contributed by atoms with van der Waals surface area (Å²) in [5, 5.41) is 0.934. The number of nitrogen functional groups attached to an aromatic ring is 1. The molecule has 1 aromatic heterocycles. The van der Waals surface area contributed by atoms with E-state index in [1.54, 1.807) is 0 Å². The van der Waals surface area contributed by atoms with Crippen molar-refractivity contribution in [2.24, 2.45) is 0 Å². The first kappa shape index (κ1) is 13.4. The molecular weight excluding hydrogens is 260 g/mol. The number of nitrogens with zero attached hydrogens (tertiary/aromatic N) is 1. The molecule has 0 aliphatic rings. The summed E-state index contributed by atoms with van der Waals surface area (Å²) in [4.78, 5) is 4.64. The number of rotatable bonds is 4. The first-order valence-corrected chi connectivity index (χ1v) is 7.18. The number of anilines is 1. The maximum atomic E-state index is 6.15. The predicted molar refractivity (Wildman–Crippen MR) is 86.7 cm³/mol. The standard InChI is InChI=1S/C18H18N2O/c1-2-6-13-11-17(19)16-12-15(9-10-18(16)20-13)21-14-7-4-3-5-8-14/h3-5,7-12H,2,6H2,1H3,(H2,19,20). The molecule has 0 unspecified atom stereocenters. The van der Waals surface area contributed by atoms with Crippen molar-refractivity contribution in [1.82, 2.24) is 4.98 Å². The number of ether oxygens (including phenoxy) is 1. The number of para-hydroxylation sites is 1. The quantitative estimate of drug-likeness (QED) is 0.761. The molecule has 0 saturated carbocycles. The molecule has 0 fully saturated rings. The van der Waals surface area contributed by atoms with E-state index < -0.39 is 0 Å². The van der Waals surface area contributed by atoms with Gasteiger partial charge < -0.3 is 10.5 Å². The predicted octanol–water partition coefficient (Wildman–Crippen LogP) is 4.56. The van der Waals surface area contributed by atoms with Gasteiger partial charge in [-0.05, 0) is 42.8 Å². The van der Waals surface area contributed by atoms with E-state index in [9.17, 15) is 0 Å². The van der Waals surface area contributed by atoms with E-state index in [-0.39, 0.29) is 0 Å². The number of aryl methyl sites for hydroxylation is 1. The molecule has 0 spiro atoms. The second kappa shape index (κ2) is 5.83. The third-order valence-corrected chi connectivity index (χ3v) is 3.35. The van der Waals surface area contributed by atoms with Crippen molar-refractivity contribution < 1.29 is 4.74 Å². The van der Waals surface area contributed by atoms with Crippen LogP contribution in [0.25, 0.3) is 10.9 Å². The van der Waals surface area contributed by atoms with E-state index in [4.69, 9.17) is 10.5 Å². The van der Waals surface area contributed by atoms with E-state index in [0.29, 0.717) is 0 Å². The lowest BCUT2D eigenvalue weighted by atomic mass is 10.1. The van der Waals surface area contributed by atoms with Crippen LogP contribution >= 0.6 is 0 Å². The van der Waals surface area contributed by atoms with Gasteiger partial charge in [-0.2, -0.15) is 0 Å². The Labute approximate surface area is 124 Å². The zero-order valence-corrected chi connectivity index (χ0v) is 12.0. The van der Waals surface area contributed by atoms with E-state index in [1.807, 2.05) is 54.6 Å². The molecule has 0 atom stereocenters. The van der Waals surface area contributed by atoms with Gasteiger partial charge in [0.25, 0.3) is 0 Å². The van der Waals surface area contributed by atoms with E-state index in [0.717, 1.165) is 46.6 Å². The average Bonchev–Trinajstić information content (AvgIpc) is 2.49. The van der Waals surface area contributed by atoms with Crippen LogP contribution in [0.15, 0.2) is 54.6 Å². The molecule has 0 saturated heterocycles. The molecule has 0 amide bonds. The Morgan fingerprint density at radius 2 is 1.81 bits per heavy atom. The second-order valence-electron chi connectivity index (χ2n) is 5.05. The van der Waals surface area contributed by atoms with Crippen LogP contribution in [0.4, 0.5) is 5.69 Å². The Morgan fingerprint density at radius 3 is 2.57 bits per heavy atom. The number of pyridine rings is 1. The fourth-order valence-electron chi connectivity index (χ4n) is 2.36. The summed E-state index contributed by atoms with van der Waals surface area (Å²) < 4.78 is 5.84. The highest BCUT2D eigenvalue weighted by molar-refractivity contribution is 5.91. The largest absolute Gasteiger partial charge is 0.457 e. The lowest BCUT2D eigenvalue weighted by Crippen LogP contribution is -1.96. The number of hydrogen-bond acceptors (Lipinski definition) is 3. The van der Waals surface area contributed by atoms with Gasteiger partial charge in [0, 0.05) is 16.8 Å². The van der Waals surface area contributed by atoms with Crippen molar-refractivity contribution in [3.05, 3.63) is 60.3 Å². The minimum absolute atomic E-state index is 0.752. The van der Waals surface area contributed by atoms with Gasteiger partial charge in [0.15, 0.2) is 0 Å². The molecule has 0 aliphatic carbocycles. The Morgan fingerprint density at radius 1 is 1.00 bits per heavy atom. The lowest BCUT2D eigenvalue weighted by Gasteiger charge is -2.09. The van der Waals surface area contributed by atoms with Crippen LogP contribution in [-0.4, -0.2) is 4.98 Å². The third kappa shape index (κ3) is 2.97. The molecule has 0 aliphatic heterocycles. The van der Waals surface area contributed by atoms with E-state index >= 15 is 0 Å². The molecule has 2 N–H and O–H groups in total. The van der Waals surface area contributed by atoms with Gasteiger partial charge in [0.2, 0.25) is 0 Å². The molecule has 106 valence electrons. The number of hydrogen-bond donors (Lipinski definition) is 1. The average molecular weight is 278 g/mol. The zero-order valence-electron chi connectivity index (χ0n) is 12.0. The van der Waals surface area contributed by atoms with Crippen molar-refractivity contribution in [3.8, 4) is 11.5 Å². The molecule has 3 nitrogen and oxygen atoms in total. The monoisotopic (exact) mass is 278 g/mol. The molecule has 3 aromatic rings. The van der Waals surface area contributed by atoms with E-state index in [2.05, 4.69) is 11.9 Å². The van der Waals surface area contributed by atoms with Crippen LogP contribution in [0.2, 0.25) is 0 Å². The van der Waals surface area contributed by atoms with Gasteiger partial charge in [-0.1, -0.05) is 31.5 Å². The fourth-order valence-corrected chi connectivity index (χ4v) is 2.36. The van der Waals surface area contributed by atoms with Gasteiger partial charge in [-0.3, -0.25) is 4.98 Å². The number of benzene rings is 2. The Balaban J connectivity index is 1.96. The van der Waals surface area contributed by atoms with Crippen LogP contribution in [0, 0.1) is 0 Å². The first-order chi connectivity index (χ1) is 10.3. The van der Waals surface area contributed by atoms with Gasteiger partial charge >= 0.3 is 0 Å². The third-order valence-electron chi connectivity index (χ3n) is 3.35. The molecule has 3 rings (SSSR count). The first-order valence-electron chi connectivity index (χ1n) is 7.18. The Kier molecular flexibility index (Phi) is 3.73. The molecule has 0 bridgehead atoms. The zero-order chi connectivity index (χ0) is 14.7. The maximum absolute atomic E-state index is 6.15. The maximum Gasteiger partial charge on any atom is 0.128 e. The summed E-state index contributed by atoms with van der Waals surface area (Å²) in [6.07, 6.45) is 2.01. The van der Waals surface area contributed by atoms with Crippen molar-refractivity contribution in [3.63, 3.8) is 0 Å². The minimum Gasteiger partial charge on any atom is -0.457 e. The summed E-state index contributed by atoms with van der Waals surface area (Å²) in [6, 6.07) is 17.5. The molecule has 21 heavy (non-hydrogen) atoms. The summed E-state index contributed by atoms with van der Waals surface area (Å²) in [5.41, 5.74) is 8.86. The molecule has 3 heteroatoms. The van der Waals surface area contributed by atoms with Crippen molar-refractivity contribution in [2.75, 3.05) is 5.73 Å². The van der Waals surface area contributed by atoms with E-state index in [1.165, 1.54) is 0 Å². The lowest BCUT2D eigenvalue weighted by molar-refractivity contribution is 0.483. The van der Waals surface area contributed by atoms with Crippen LogP contribution in [-0.2, 0) is 6.42 Å². The Bertz CT molecular complexity index is 754. The number of fused-ring (bicyclic) bond motifs is 1. The smallest absolute Gasteiger partial charge is 0.128 e. The molecular formula is C18H18N2O. The van der Waals surface area contributed by atoms with Gasteiger partial charge in [-0.15, -0.1) is 0 Å². The number of nitrogens with two attached hydrogens (primary N) is 1. The van der Waals surface area contributed by atoms with Crippen LogP contribution in [0.3, 0.4) is 0 Å². The summed E-state index contributed by atoms with van der Waals surface area (Å²) in [5.74, 6) is 1.58. The van der Waals surface area contributed by atoms with Crippen molar-refractivity contribution >= 4 is 16.6 Å². The van der Waals surface area contributed by atoms with Crippen molar-refractivity contribution in [1.29, 1.82) is 0 Å². The van der Waals surface area contributed by atoms with Crippen molar-refractivity contribution in [2.45, 2.75) is 19.8 Å². The second-order valence-corrected chi connectivity index (χ2v) is 5.05. The summed E-state index contributed by atoms with van der Waals surface area (Å²) >= 11 is 0.